The second-order valence-corrected chi connectivity index (χ2v) is 29.1. The molecule has 0 spiro atoms. The van der Waals surface area contributed by atoms with Crippen LogP contribution < -0.4 is 0 Å². The summed E-state index contributed by atoms with van der Waals surface area (Å²) in [7, 11) is -3.97. The molecular formula is C41H72O6Si2. The predicted molar refractivity (Wildman–Crippen MR) is 206 cm³/mol. The fourth-order valence-corrected chi connectivity index (χ4v) is 10.8. The van der Waals surface area contributed by atoms with E-state index >= 15 is 0 Å². The third-order valence-corrected chi connectivity index (χ3v) is 23.5. The Bertz CT molecular complexity index is 1260. The summed E-state index contributed by atoms with van der Waals surface area (Å²) in [6.45, 7) is 30.5. The Morgan fingerprint density at radius 2 is 1.35 bits per heavy atom. The molecule has 0 aromatic rings. The van der Waals surface area contributed by atoms with Crippen LogP contribution in [0.1, 0.15) is 120 Å². The van der Waals surface area contributed by atoms with Gasteiger partial charge >= 0.3 is 0 Å². The smallest absolute Gasteiger partial charge is 0.192 e. The van der Waals surface area contributed by atoms with Crippen LogP contribution in [0, 0.1) is 28.6 Å². The van der Waals surface area contributed by atoms with Gasteiger partial charge in [-0.1, -0.05) is 92.0 Å². The van der Waals surface area contributed by atoms with Crippen molar-refractivity contribution in [2.75, 3.05) is 26.4 Å². The van der Waals surface area contributed by atoms with Crippen molar-refractivity contribution >= 4 is 28.2 Å². The molecule has 4 aliphatic rings. The summed E-state index contributed by atoms with van der Waals surface area (Å²) in [6, 6.07) is 0. The van der Waals surface area contributed by atoms with E-state index in [4.69, 9.17) is 18.3 Å². The van der Waals surface area contributed by atoms with E-state index in [9.17, 15) is 9.59 Å². The van der Waals surface area contributed by atoms with Gasteiger partial charge in [-0.3, -0.25) is 9.59 Å². The SMILES string of the molecule is CC[C@H]1CC[C@H]2C3=CC=C4CC(OCCC(=O)CO[Si](C)(C)C(C)(C)C)CC(OCCC(=O)CO[Si](C)(C)C(C)(C)C)[C@]4(C)[C@H]3CC[C@]12C. The topological polar surface area (TPSA) is 71.1 Å². The zero-order chi connectivity index (χ0) is 36.6. The second kappa shape index (κ2) is 15.2. The summed E-state index contributed by atoms with van der Waals surface area (Å²) in [6.07, 6.45) is 13.5. The quantitative estimate of drug-likeness (QED) is 0.157. The first-order valence-corrected chi connectivity index (χ1v) is 25.3. The number of carbonyl (C=O) groups is 2. The van der Waals surface area contributed by atoms with E-state index < -0.39 is 16.6 Å². The van der Waals surface area contributed by atoms with E-state index in [0.29, 0.717) is 43.3 Å². The molecule has 0 aliphatic heterocycles. The van der Waals surface area contributed by atoms with Crippen LogP contribution in [-0.4, -0.2) is 66.8 Å². The molecule has 280 valence electrons. The molecule has 0 aromatic heterocycles. The molecule has 0 N–H and O–H groups in total. The molecule has 0 saturated heterocycles. The standard InChI is InChI=1S/C41H72O6Si2/c1-14-29-16-18-35-34-17-15-30-25-33(44-23-20-31(42)27-46-48(10,11)38(2,3)4)26-37(41(30,9)36(34)19-22-40(29,35)8)45-24-21-32(43)28-47-49(12,13)39(5,6)7/h15,17,29,33,35-37H,14,16,18-28H2,1-13H3/t29-,33?,35-,36-,37?,40+,41-/m0/s1. The van der Waals surface area contributed by atoms with Crippen molar-refractivity contribution in [2.45, 2.75) is 169 Å². The third-order valence-electron chi connectivity index (χ3n) is 14.5. The molecular weight excluding hydrogens is 645 g/mol. The molecule has 3 fully saturated rings. The third kappa shape index (κ3) is 8.67. The van der Waals surface area contributed by atoms with Crippen molar-refractivity contribution in [3.63, 3.8) is 0 Å². The molecule has 0 bridgehead atoms. The van der Waals surface area contributed by atoms with Crippen LogP contribution >= 0.6 is 0 Å². The maximum absolute atomic E-state index is 13.0. The van der Waals surface area contributed by atoms with Crippen LogP contribution in [0.2, 0.25) is 36.3 Å². The lowest BCUT2D eigenvalue weighted by molar-refractivity contribution is -0.128. The number of ether oxygens (including phenoxy) is 2. The number of hydrogen-bond acceptors (Lipinski definition) is 6. The highest BCUT2D eigenvalue weighted by molar-refractivity contribution is 6.74. The lowest BCUT2D eigenvalue weighted by Gasteiger charge is -2.57. The highest BCUT2D eigenvalue weighted by atomic mass is 28.4. The second-order valence-electron chi connectivity index (χ2n) is 19.4. The van der Waals surface area contributed by atoms with Crippen molar-refractivity contribution in [3.05, 3.63) is 23.3 Å². The number of Topliss-reactive ketones (excluding diaryl/α,β-unsaturated/α-hetero) is 2. The van der Waals surface area contributed by atoms with Gasteiger partial charge in [0.15, 0.2) is 28.2 Å². The average Bonchev–Trinajstić information content (AvgIpc) is 3.34. The Balaban J connectivity index is 1.45. The largest absolute Gasteiger partial charge is 0.410 e. The van der Waals surface area contributed by atoms with Crippen molar-refractivity contribution in [1.82, 2.24) is 0 Å². The van der Waals surface area contributed by atoms with Crippen molar-refractivity contribution < 1.29 is 27.9 Å². The first kappa shape index (κ1) is 40.9. The van der Waals surface area contributed by atoms with Gasteiger partial charge in [-0.25, -0.2) is 0 Å². The van der Waals surface area contributed by atoms with Gasteiger partial charge in [0, 0.05) is 24.7 Å². The van der Waals surface area contributed by atoms with E-state index in [-0.39, 0.29) is 52.5 Å². The highest BCUT2D eigenvalue weighted by Crippen LogP contribution is 2.65. The minimum atomic E-state index is -1.99. The lowest BCUT2D eigenvalue weighted by atomic mass is 9.49. The van der Waals surface area contributed by atoms with Gasteiger partial charge in [-0.2, -0.15) is 0 Å². The van der Waals surface area contributed by atoms with Gasteiger partial charge < -0.3 is 18.3 Å². The maximum atomic E-state index is 13.0. The molecule has 49 heavy (non-hydrogen) atoms. The molecule has 0 radical (unpaired) electrons. The molecule has 2 unspecified atom stereocenters. The molecule has 4 rings (SSSR count). The van der Waals surface area contributed by atoms with Crippen molar-refractivity contribution in [2.24, 2.45) is 28.6 Å². The van der Waals surface area contributed by atoms with Crippen LogP contribution in [0.25, 0.3) is 0 Å². The summed E-state index contributed by atoms with van der Waals surface area (Å²) >= 11 is 0. The number of fused-ring (bicyclic) bond motifs is 5. The zero-order valence-electron chi connectivity index (χ0n) is 33.7. The molecule has 0 aromatic carbocycles. The van der Waals surface area contributed by atoms with Crippen LogP contribution in [0.5, 0.6) is 0 Å². The molecule has 7 atom stereocenters. The summed E-state index contributed by atoms with van der Waals surface area (Å²) in [5.74, 6) is 2.13. The van der Waals surface area contributed by atoms with Gasteiger partial charge in [-0.15, -0.1) is 0 Å². The van der Waals surface area contributed by atoms with Crippen molar-refractivity contribution in [1.29, 1.82) is 0 Å². The average molecular weight is 717 g/mol. The summed E-state index contributed by atoms with van der Waals surface area (Å²) in [5.41, 5.74) is 3.34. The summed E-state index contributed by atoms with van der Waals surface area (Å²) in [5, 5.41) is 0.143. The number of rotatable bonds is 15. The Morgan fingerprint density at radius 3 is 1.88 bits per heavy atom. The Morgan fingerprint density at radius 1 is 0.796 bits per heavy atom. The fourth-order valence-electron chi connectivity index (χ4n) is 8.90. The molecule has 0 heterocycles. The first-order valence-electron chi connectivity index (χ1n) is 19.5. The predicted octanol–water partition coefficient (Wildman–Crippen LogP) is 10.2. The van der Waals surface area contributed by atoms with Crippen LogP contribution in [-0.2, 0) is 27.9 Å². The van der Waals surface area contributed by atoms with E-state index in [0.717, 1.165) is 18.8 Å². The minimum Gasteiger partial charge on any atom is -0.410 e. The highest BCUT2D eigenvalue weighted by Gasteiger charge is 2.58. The van der Waals surface area contributed by atoms with Gasteiger partial charge in [0.2, 0.25) is 0 Å². The molecule has 3 saturated carbocycles. The summed E-state index contributed by atoms with van der Waals surface area (Å²) in [4.78, 5) is 25.9. The van der Waals surface area contributed by atoms with E-state index in [1.165, 1.54) is 37.7 Å². The number of hydrogen-bond donors (Lipinski definition) is 0. The monoisotopic (exact) mass is 716 g/mol. The lowest BCUT2D eigenvalue weighted by Crippen LogP contribution is -2.53. The van der Waals surface area contributed by atoms with Crippen LogP contribution in [0.3, 0.4) is 0 Å². The fraction of sp³-hybridized carbons (Fsp3) is 0.854. The Hall–Kier alpha value is -0.906. The number of allylic oxidation sites excluding steroid dienone is 3. The minimum absolute atomic E-state index is 0.0178. The van der Waals surface area contributed by atoms with Gasteiger partial charge in [0.1, 0.15) is 0 Å². The van der Waals surface area contributed by atoms with Crippen LogP contribution in [0.4, 0.5) is 0 Å². The normalized spacial score (nSPS) is 32.1. The van der Waals surface area contributed by atoms with Gasteiger partial charge in [0.25, 0.3) is 0 Å². The van der Waals surface area contributed by atoms with E-state index in [1.54, 1.807) is 5.57 Å². The summed E-state index contributed by atoms with van der Waals surface area (Å²) < 4.78 is 25.7. The number of carbonyl (C=O) groups excluding carboxylic acids is 2. The molecule has 4 aliphatic carbocycles. The van der Waals surface area contributed by atoms with E-state index in [1.807, 2.05) is 0 Å². The zero-order valence-corrected chi connectivity index (χ0v) is 35.7. The van der Waals surface area contributed by atoms with Gasteiger partial charge in [-0.05, 0) is 91.5 Å². The van der Waals surface area contributed by atoms with Crippen LogP contribution in [0.15, 0.2) is 23.3 Å². The molecule has 6 nitrogen and oxygen atoms in total. The van der Waals surface area contributed by atoms with Gasteiger partial charge in [0.05, 0.1) is 38.6 Å². The molecule has 8 heteroatoms. The first-order chi connectivity index (χ1) is 22.6. The molecule has 0 amide bonds. The van der Waals surface area contributed by atoms with E-state index in [2.05, 4.69) is 101 Å². The Labute approximate surface area is 302 Å². The number of ketones is 2. The Kier molecular flexibility index (Phi) is 12.7. The maximum Gasteiger partial charge on any atom is 0.192 e. The van der Waals surface area contributed by atoms with Crippen molar-refractivity contribution in [3.8, 4) is 0 Å².